The molecule has 1 amide bonds. The van der Waals surface area contributed by atoms with Crippen molar-refractivity contribution in [3.8, 4) is 5.75 Å². The third-order valence-corrected chi connectivity index (χ3v) is 4.85. The van der Waals surface area contributed by atoms with E-state index >= 15 is 0 Å². The van der Waals surface area contributed by atoms with Crippen LogP contribution >= 0.6 is 11.6 Å². The Kier molecular flexibility index (Phi) is 7.66. The molecular weight excluding hydrogens is 452 g/mol. The molecule has 0 atom stereocenters. The van der Waals surface area contributed by atoms with Gasteiger partial charge in [0.05, 0.1) is 28.5 Å². The highest BCUT2D eigenvalue weighted by Gasteiger charge is 2.21. The number of halogens is 1. The van der Waals surface area contributed by atoms with Gasteiger partial charge < -0.3 is 4.74 Å². The van der Waals surface area contributed by atoms with Gasteiger partial charge in [-0.05, 0) is 24.3 Å². The van der Waals surface area contributed by atoms with Gasteiger partial charge in [0.1, 0.15) is 12.4 Å². The number of rotatable bonds is 9. The zero-order valence-electron chi connectivity index (χ0n) is 17.0. The standard InChI is InChI=1S/C22H17ClN4O6/c23-19-7-3-1-6-17(19)14-33-21-8-4-2-5-16(21)13-24-25-22(28)11-15-9-10-18(26(29)30)12-20(15)27(31)32/h1-10,12-13H,11,14H2,(H,25,28)/b24-13-. The lowest BCUT2D eigenvalue weighted by Crippen LogP contribution is -2.20. The number of hydrogen-bond acceptors (Lipinski definition) is 7. The molecule has 0 spiro atoms. The maximum absolute atomic E-state index is 12.2. The molecule has 33 heavy (non-hydrogen) atoms. The van der Waals surface area contributed by atoms with Crippen LogP contribution in [-0.2, 0) is 17.8 Å². The molecule has 3 aromatic carbocycles. The number of nitro benzene ring substituents is 2. The van der Waals surface area contributed by atoms with Gasteiger partial charge in [0.25, 0.3) is 11.4 Å². The molecule has 10 nitrogen and oxygen atoms in total. The fourth-order valence-electron chi connectivity index (χ4n) is 2.86. The van der Waals surface area contributed by atoms with E-state index in [1.807, 2.05) is 18.2 Å². The summed E-state index contributed by atoms with van der Waals surface area (Å²) in [5, 5.41) is 26.5. The van der Waals surface area contributed by atoms with Gasteiger partial charge in [-0.3, -0.25) is 25.0 Å². The molecular formula is C22H17ClN4O6. The van der Waals surface area contributed by atoms with E-state index in [0.717, 1.165) is 17.7 Å². The SMILES string of the molecule is O=C(Cc1ccc([N+](=O)[O-])cc1[N+](=O)[O-])N/N=C\c1ccccc1OCc1ccccc1Cl. The first-order chi connectivity index (χ1) is 15.8. The number of nitro groups is 2. The molecule has 168 valence electrons. The van der Waals surface area contributed by atoms with Gasteiger partial charge in [-0.1, -0.05) is 41.9 Å². The van der Waals surface area contributed by atoms with Crippen molar-refractivity contribution in [1.82, 2.24) is 5.43 Å². The summed E-state index contributed by atoms with van der Waals surface area (Å²) < 4.78 is 5.81. The Morgan fingerprint density at radius 1 is 1.00 bits per heavy atom. The number of ether oxygens (including phenoxy) is 1. The van der Waals surface area contributed by atoms with E-state index < -0.39 is 27.1 Å². The minimum atomic E-state index is -0.772. The summed E-state index contributed by atoms with van der Waals surface area (Å²) in [4.78, 5) is 32.7. The fraction of sp³-hybridized carbons (Fsp3) is 0.0909. The average Bonchev–Trinajstić information content (AvgIpc) is 2.79. The van der Waals surface area contributed by atoms with E-state index in [-0.39, 0.29) is 18.6 Å². The molecule has 0 bridgehead atoms. The summed E-state index contributed by atoms with van der Waals surface area (Å²) in [6.45, 7) is 0.237. The quantitative estimate of drug-likeness (QED) is 0.280. The Morgan fingerprint density at radius 2 is 1.73 bits per heavy atom. The Balaban J connectivity index is 1.65. The second-order valence-electron chi connectivity index (χ2n) is 6.72. The van der Waals surface area contributed by atoms with Crippen LogP contribution in [0, 0.1) is 20.2 Å². The molecule has 3 rings (SSSR count). The predicted molar refractivity (Wildman–Crippen MR) is 121 cm³/mol. The Hall–Kier alpha value is -4.31. The summed E-state index contributed by atoms with van der Waals surface area (Å²) in [5.41, 5.74) is 2.77. The van der Waals surface area contributed by atoms with Gasteiger partial charge in [0, 0.05) is 27.8 Å². The lowest BCUT2D eigenvalue weighted by atomic mass is 10.1. The number of carbonyl (C=O) groups is 1. The van der Waals surface area contributed by atoms with E-state index in [0.29, 0.717) is 16.3 Å². The molecule has 0 fully saturated rings. The number of nitrogens with one attached hydrogen (secondary N) is 1. The van der Waals surface area contributed by atoms with E-state index in [4.69, 9.17) is 16.3 Å². The monoisotopic (exact) mass is 468 g/mol. The van der Waals surface area contributed by atoms with E-state index in [9.17, 15) is 25.0 Å². The summed E-state index contributed by atoms with van der Waals surface area (Å²) >= 11 is 6.14. The first-order valence-electron chi connectivity index (χ1n) is 9.54. The van der Waals surface area contributed by atoms with Crippen LogP contribution in [0.5, 0.6) is 5.75 Å². The van der Waals surface area contributed by atoms with Crippen LogP contribution in [0.1, 0.15) is 16.7 Å². The van der Waals surface area contributed by atoms with Gasteiger partial charge >= 0.3 is 0 Å². The van der Waals surface area contributed by atoms with Crippen LogP contribution in [0.15, 0.2) is 71.8 Å². The average molecular weight is 469 g/mol. The molecule has 11 heteroatoms. The third kappa shape index (κ3) is 6.34. The van der Waals surface area contributed by atoms with Gasteiger partial charge in [-0.2, -0.15) is 5.10 Å². The molecule has 0 radical (unpaired) electrons. The molecule has 0 unspecified atom stereocenters. The number of amides is 1. The normalized spacial score (nSPS) is 10.7. The Morgan fingerprint density at radius 3 is 2.45 bits per heavy atom. The number of non-ortho nitro benzene ring substituents is 1. The van der Waals surface area contributed by atoms with Crippen LogP contribution in [-0.4, -0.2) is 22.0 Å². The molecule has 0 aliphatic carbocycles. The van der Waals surface area contributed by atoms with E-state index in [1.165, 1.54) is 12.3 Å². The Labute approximate surface area is 192 Å². The summed E-state index contributed by atoms with van der Waals surface area (Å²) in [7, 11) is 0. The lowest BCUT2D eigenvalue weighted by molar-refractivity contribution is -0.394. The minimum absolute atomic E-state index is 0.0294. The third-order valence-electron chi connectivity index (χ3n) is 4.48. The van der Waals surface area contributed by atoms with E-state index in [1.54, 1.807) is 30.3 Å². The maximum Gasteiger partial charge on any atom is 0.279 e. The van der Waals surface area contributed by atoms with Gasteiger partial charge in [-0.25, -0.2) is 5.43 Å². The van der Waals surface area contributed by atoms with Crippen molar-refractivity contribution in [3.63, 3.8) is 0 Å². The number of hydrogen-bond donors (Lipinski definition) is 1. The molecule has 1 N–H and O–H groups in total. The number of benzene rings is 3. The van der Waals surface area contributed by atoms with Crippen LogP contribution in [0.3, 0.4) is 0 Å². The zero-order valence-corrected chi connectivity index (χ0v) is 17.8. The van der Waals surface area contributed by atoms with Crippen molar-refractivity contribution in [2.75, 3.05) is 0 Å². The highest BCUT2D eigenvalue weighted by molar-refractivity contribution is 6.31. The highest BCUT2D eigenvalue weighted by atomic mass is 35.5. The van der Waals surface area contributed by atoms with Crippen LogP contribution in [0.25, 0.3) is 0 Å². The maximum atomic E-state index is 12.2. The van der Waals surface area contributed by atoms with Gasteiger partial charge in [0.15, 0.2) is 0 Å². The fourth-order valence-corrected chi connectivity index (χ4v) is 3.05. The Bertz CT molecular complexity index is 1230. The first-order valence-corrected chi connectivity index (χ1v) is 9.92. The summed E-state index contributed by atoms with van der Waals surface area (Å²) in [6.07, 6.45) is 1.00. The van der Waals surface area contributed by atoms with Gasteiger partial charge in [-0.15, -0.1) is 0 Å². The summed E-state index contributed by atoms with van der Waals surface area (Å²) in [5.74, 6) is -0.112. The van der Waals surface area contributed by atoms with Crippen molar-refractivity contribution < 1.29 is 19.4 Å². The smallest absolute Gasteiger partial charge is 0.279 e. The minimum Gasteiger partial charge on any atom is -0.488 e. The topological polar surface area (TPSA) is 137 Å². The zero-order chi connectivity index (χ0) is 23.8. The first kappa shape index (κ1) is 23.4. The summed E-state index contributed by atoms with van der Waals surface area (Å²) in [6, 6.07) is 17.4. The van der Waals surface area contributed by atoms with Crippen molar-refractivity contribution in [1.29, 1.82) is 0 Å². The van der Waals surface area contributed by atoms with Crippen molar-refractivity contribution in [2.24, 2.45) is 5.10 Å². The lowest BCUT2D eigenvalue weighted by Gasteiger charge is -2.10. The largest absolute Gasteiger partial charge is 0.488 e. The molecule has 0 heterocycles. The molecule has 0 saturated carbocycles. The molecule has 0 saturated heterocycles. The predicted octanol–water partition coefficient (Wildman–Crippen LogP) is 4.43. The van der Waals surface area contributed by atoms with Crippen LogP contribution < -0.4 is 10.2 Å². The molecule has 0 aromatic heterocycles. The number of hydrazone groups is 1. The number of carbonyl (C=O) groups excluding carboxylic acids is 1. The molecule has 0 aliphatic rings. The number of para-hydroxylation sites is 1. The second-order valence-corrected chi connectivity index (χ2v) is 7.12. The highest BCUT2D eigenvalue weighted by Crippen LogP contribution is 2.25. The molecule has 0 aliphatic heterocycles. The van der Waals surface area contributed by atoms with E-state index in [2.05, 4.69) is 10.5 Å². The van der Waals surface area contributed by atoms with Crippen molar-refractivity contribution in [3.05, 3.63) is 109 Å². The van der Waals surface area contributed by atoms with Gasteiger partial charge in [0.2, 0.25) is 5.91 Å². The number of nitrogens with zero attached hydrogens (tertiary/aromatic N) is 3. The molecule has 3 aromatic rings. The van der Waals surface area contributed by atoms with Crippen LogP contribution in [0.2, 0.25) is 5.02 Å². The van der Waals surface area contributed by atoms with Crippen molar-refractivity contribution >= 4 is 35.1 Å². The second kappa shape index (κ2) is 10.8. The van der Waals surface area contributed by atoms with Crippen molar-refractivity contribution in [2.45, 2.75) is 13.0 Å². The van der Waals surface area contributed by atoms with Crippen LogP contribution in [0.4, 0.5) is 11.4 Å².